The van der Waals surface area contributed by atoms with Gasteiger partial charge in [-0.15, -0.1) is 0 Å². The Morgan fingerprint density at radius 2 is 2.10 bits per heavy atom. The monoisotopic (exact) mass is 393 g/mol. The number of nitrogens with zero attached hydrogens (tertiary/aromatic N) is 5. The standard InChI is InChI=1S/C21H23N5O3/c1-24-9-8-22-20(24)17-3-4-18-15-10-14(12-26(18)21(17)28)11-25(13-15)19(27)5-2-16-6-7-23-29-16/h3-4,6-9,14-15H,2,5,10-13H2,1H3/t14-,15+/m0/s1. The summed E-state index contributed by atoms with van der Waals surface area (Å²) in [5.41, 5.74) is 1.66. The first kappa shape index (κ1) is 17.9. The van der Waals surface area contributed by atoms with Crippen LogP contribution in [0.2, 0.25) is 0 Å². The average Bonchev–Trinajstić information content (AvgIpc) is 3.38. The first-order valence-electron chi connectivity index (χ1n) is 9.99. The van der Waals surface area contributed by atoms with Crippen molar-refractivity contribution >= 4 is 5.91 Å². The second kappa shape index (κ2) is 7.02. The number of aryl methyl sites for hydroxylation is 2. The van der Waals surface area contributed by atoms with Crippen LogP contribution in [0.15, 0.2) is 46.1 Å². The maximum absolute atomic E-state index is 13.2. The van der Waals surface area contributed by atoms with Crippen molar-refractivity contribution in [2.24, 2.45) is 13.0 Å². The Morgan fingerprint density at radius 1 is 1.21 bits per heavy atom. The summed E-state index contributed by atoms with van der Waals surface area (Å²) < 4.78 is 8.86. The van der Waals surface area contributed by atoms with Crippen molar-refractivity contribution in [1.82, 2.24) is 24.2 Å². The van der Waals surface area contributed by atoms with E-state index in [-0.39, 0.29) is 17.4 Å². The minimum absolute atomic E-state index is 0.0107. The molecule has 1 fully saturated rings. The van der Waals surface area contributed by atoms with Gasteiger partial charge in [-0.2, -0.15) is 0 Å². The molecule has 2 aliphatic rings. The summed E-state index contributed by atoms with van der Waals surface area (Å²) in [6, 6.07) is 5.70. The quantitative estimate of drug-likeness (QED) is 0.675. The van der Waals surface area contributed by atoms with Gasteiger partial charge in [-0.1, -0.05) is 5.16 Å². The molecular formula is C21H23N5O3. The SMILES string of the molecule is Cn1ccnc1-c1ccc2n(c1=O)C[C@H]1C[C@@H]2CN(C(=O)CCc2ccno2)C1. The molecule has 2 atom stereocenters. The number of carbonyl (C=O) groups is 1. The molecule has 1 saturated heterocycles. The fourth-order valence-corrected chi connectivity index (χ4v) is 4.70. The van der Waals surface area contributed by atoms with E-state index in [1.165, 1.54) is 0 Å². The van der Waals surface area contributed by atoms with Crippen LogP contribution in [0.1, 0.15) is 30.2 Å². The molecule has 0 aliphatic carbocycles. The van der Waals surface area contributed by atoms with Crippen molar-refractivity contribution in [3.8, 4) is 11.4 Å². The van der Waals surface area contributed by atoms with Crippen molar-refractivity contribution in [2.75, 3.05) is 13.1 Å². The van der Waals surface area contributed by atoms with Crippen LogP contribution in [-0.4, -0.2) is 43.2 Å². The van der Waals surface area contributed by atoms with Crippen molar-refractivity contribution < 1.29 is 9.32 Å². The van der Waals surface area contributed by atoms with Crippen LogP contribution >= 0.6 is 0 Å². The Labute approximate surface area is 167 Å². The summed E-state index contributed by atoms with van der Waals surface area (Å²) in [6.07, 6.45) is 7.14. The Bertz CT molecular complexity index is 1100. The summed E-state index contributed by atoms with van der Waals surface area (Å²) in [7, 11) is 1.89. The molecule has 3 aromatic heterocycles. The molecule has 0 aromatic carbocycles. The van der Waals surface area contributed by atoms with Gasteiger partial charge in [0, 0.05) is 69.6 Å². The van der Waals surface area contributed by atoms with Crippen molar-refractivity contribution in [3.63, 3.8) is 0 Å². The van der Waals surface area contributed by atoms with Gasteiger partial charge in [0.05, 0.1) is 11.8 Å². The van der Waals surface area contributed by atoms with Crippen LogP contribution < -0.4 is 5.56 Å². The Morgan fingerprint density at radius 3 is 2.86 bits per heavy atom. The maximum atomic E-state index is 13.2. The number of hydrogen-bond acceptors (Lipinski definition) is 5. The number of carbonyl (C=O) groups excluding carboxylic acids is 1. The largest absolute Gasteiger partial charge is 0.361 e. The molecule has 5 rings (SSSR count). The smallest absolute Gasteiger partial charge is 0.261 e. The highest BCUT2D eigenvalue weighted by Crippen LogP contribution is 2.36. The predicted octanol–water partition coefficient (Wildman–Crippen LogP) is 1.82. The lowest BCUT2D eigenvalue weighted by atomic mass is 9.82. The van der Waals surface area contributed by atoms with Gasteiger partial charge in [-0.25, -0.2) is 4.98 Å². The van der Waals surface area contributed by atoms with E-state index in [0.29, 0.717) is 49.8 Å². The molecule has 8 heteroatoms. The number of piperidine rings is 1. The lowest BCUT2D eigenvalue weighted by molar-refractivity contribution is -0.134. The molecule has 0 unspecified atom stereocenters. The summed E-state index contributed by atoms with van der Waals surface area (Å²) in [5, 5.41) is 3.69. The van der Waals surface area contributed by atoms with E-state index in [9.17, 15) is 9.59 Å². The molecule has 0 spiro atoms. The number of likely N-dealkylation sites (tertiary alicyclic amines) is 1. The first-order valence-corrected chi connectivity index (χ1v) is 9.99. The van der Waals surface area contributed by atoms with Gasteiger partial charge in [0.15, 0.2) is 0 Å². The van der Waals surface area contributed by atoms with Gasteiger partial charge in [-0.3, -0.25) is 9.59 Å². The van der Waals surface area contributed by atoms with Crippen LogP contribution in [-0.2, 0) is 24.8 Å². The molecule has 8 nitrogen and oxygen atoms in total. The summed E-state index contributed by atoms with van der Waals surface area (Å²) >= 11 is 0. The molecule has 2 aliphatic heterocycles. The zero-order valence-corrected chi connectivity index (χ0v) is 16.3. The van der Waals surface area contributed by atoms with E-state index in [1.807, 2.05) is 39.4 Å². The number of pyridine rings is 1. The Kier molecular flexibility index (Phi) is 4.34. The second-order valence-corrected chi connectivity index (χ2v) is 8.03. The van der Waals surface area contributed by atoms with Crippen molar-refractivity contribution in [2.45, 2.75) is 31.7 Å². The van der Waals surface area contributed by atoms with Gasteiger partial charge in [0.1, 0.15) is 11.6 Å². The molecule has 0 N–H and O–H groups in total. The third-order valence-corrected chi connectivity index (χ3v) is 6.10. The van der Waals surface area contributed by atoms with Crippen LogP contribution in [0, 0.1) is 5.92 Å². The van der Waals surface area contributed by atoms with E-state index in [4.69, 9.17) is 4.52 Å². The van der Waals surface area contributed by atoms with Crippen LogP contribution in [0.25, 0.3) is 11.4 Å². The topological polar surface area (TPSA) is 86.2 Å². The first-order chi connectivity index (χ1) is 14.1. The minimum atomic E-state index is 0.0107. The predicted molar refractivity (Wildman–Crippen MR) is 105 cm³/mol. The van der Waals surface area contributed by atoms with Gasteiger partial charge in [0.2, 0.25) is 5.91 Å². The van der Waals surface area contributed by atoms with E-state index in [2.05, 4.69) is 10.1 Å². The highest BCUT2D eigenvalue weighted by molar-refractivity contribution is 5.76. The van der Waals surface area contributed by atoms with Crippen LogP contribution in [0.3, 0.4) is 0 Å². The van der Waals surface area contributed by atoms with Gasteiger partial charge >= 0.3 is 0 Å². The molecule has 2 bridgehead atoms. The molecule has 29 heavy (non-hydrogen) atoms. The van der Waals surface area contributed by atoms with Crippen molar-refractivity contribution in [3.05, 3.63) is 58.6 Å². The number of amides is 1. The van der Waals surface area contributed by atoms with Gasteiger partial charge in [0.25, 0.3) is 5.56 Å². The van der Waals surface area contributed by atoms with E-state index in [0.717, 1.165) is 17.9 Å². The molecule has 1 amide bonds. The number of imidazole rings is 1. The highest BCUT2D eigenvalue weighted by Gasteiger charge is 2.36. The molecule has 5 heterocycles. The molecule has 0 saturated carbocycles. The number of rotatable bonds is 4. The van der Waals surface area contributed by atoms with Gasteiger partial charge < -0.3 is 18.6 Å². The Balaban J connectivity index is 1.37. The molecule has 0 radical (unpaired) electrons. The average molecular weight is 393 g/mol. The number of fused-ring (bicyclic) bond motifs is 4. The zero-order valence-electron chi connectivity index (χ0n) is 16.3. The van der Waals surface area contributed by atoms with E-state index < -0.39 is 0 Å². The van der Waals surface area contributed by atoms with E-state index >= 15 is 0 Å². The van der Waals surface area contributed by atoms with Crippen LogP contribution in [0.5, 0.6) is 0 Å². The fraction of sp³-hybridized carbons (Fsp3) is 0.429. The summed E-state index contributed by atoms with van der Waals surface area (Å²) in [5.74, 6) is 2.04. The zero-order chi connectivity index (χ0) is 20.0. The number of aromatic nitrogens is 4. The molecular weight excluding hydrogens is 370 g/mol. The van der Waals surface area contributed by atoms with Crippen LogP contribution in [0.4, 0.5) is 0 Å². The highest BCUT2D eigenvalue weighted by atomic mass is 16.5. The third kappa shape index (κ3) is 3.18. The second-order valence-electron chi connectivity index (χ2n) is 8.03. The Hall–Kier alpha value is -3.16. The lowest BCUT2D eigenvalue weighted by Crippen LogP contribution is -2.49. The number of hydrogen-bond donors (Lipinski definition) is 0. The third-order valence-electron chi connectivity index (χ3n) is 6.10. The normalized spacial score (nSPS) is 20.5. The molecule has 3 aromatic rings. The van der Waals surface area contributed by atoms with Gasteiger partial charge in [-0.05, 0) is 24.5 Å². The minimum Gasteiger partial charge on any atom is -0.361 e. The van der Waals surface area contributed by atoms with Crippen molar-refractivity contribution in [1.29, 1.82) is 0 Å². The van der Waals surface area contributed by atoms with E-state index in [1.54, 1.807) is 18.5 Å². The lowest BCUT2D eigenvalue weighted by Gasteiger charge is -2.43. The summed E-state index contributed by atoms with van der Waals surface area (Å²) in [4.78, 5) is 32.2. The maximum Gasteiger partial charge on any atom is 0.261 e. The summed E-state index contributed by atoms with van der Waals surface area (Å²) in [6.45, 7) is 2.01. The molecule has 150 valence electrons. The fourth-order valence-electron chi connectivity index (χ4n) is 4.70.